The van der Waals surface area contributed by atoms with Gasteiger partial charge < -0.3 is 14.6 Å². The number of rotatable bonds is 4. The van der Waals surface area contributed by atoms with Gasteiger partial charge in [0.25, 0.3) is 0 Å². The first-order valence-corrected chi connectivity index (χ1v) is 5.54. The van der Waals surface area contributed by atoms with Crippen LogP contribution in [0.2, 0.25) is 0 Å². The van der Waals surface area contributed by atoms with E-state index in [1.54, 1.807) is 29.6 Å². The number of imidazole rings is 1. The Morgan fingerprint density at radius 3 is 2.94 bits per heavy atom. The Morgan fingerprint density at radius 2 is 2.28 bits per heavy atom. The lowest BCUT2D eigenvalue weighted by Gasteiger charge is -2.16. The van der Waals surface area contributed by atoms with Crippen molar-refractivity contribution in [3.63, 3.8) is 0 Å². The normalized spacial score (nSPS) is 10.8. The molecule has 0 saturated heterocycles. The second-order valence-electron chi connectivity index (χ2n) is 4.17. The van der Waals surface area contributed by atoms with Crippen LogP contribution in [0.5, 0.6) is 0 Å². The van der Waals surface area contributed by atoms with E-state index in [4.69, 9.17) is 5.11 Å². The Labute approximate surface area is 103 Å². The molecule has 0 amide bonds. The number of hydrogen-bond donors (Lipinski definition) is 1. The molecule has 0 fully saturated rings. The van der Waals surface area contributed by atoms with Crippen molar-refractivity contribution in [3.8, 4) is 0 Å². The number of hydrogen-bond acceptors (Lipinski definition) is 3. The van der Waals surface area contributed by atoms with Gasteiger partial charge in [-0.1, -0.05) is 0 Å². The predicted molar refractivity (Wildman–Crippen MR) is 66.2 cm³/mol. The molecule has 96 valence electrons. The van der Waals surface area contributed by atoms with E-state index in [0.29, 0.717) is 23.5 Å². The molecule has 0 spiro atoms. The van der Waals surface area contributed by atoms with E-state index in [1.807, 2.05) is 0 Å². The molecular weight excluding hydrogens is 237 g/mol. The number of aliphatic carboxylic acids is 1. The summed E-state index contributed by atoms with van der Waals surface area (Å²) in [4.78, 5) is 16.6. The summed E-state index contributed by atoms with van der Waals surface area (Å²) in [6.07, 6.45) is 0.0358. The zero-order valence-electron chi connectivity index (χ0n) is 10.2. The maximum absolute atomic E-state index is 13.1. The van der Waals surface area contributed by atoms with Gasteiger partial charge in [-0.05, 0) is 18.2 Å². The van der Waals surface area contributed by atoms with Crippen molar-refractivity contribution in [2.75, 3.05) is 18.5 Å². The number of fused-ring (bicyclic) bond motifs is 1. The first-order valence-electron chi connectivity index (χ1n) is 5.54. The Bertz CT molecular complexity index is 594. The molecule has 18 heavy (non-hydrogen) atoms. The smallest absolute Gasteiger partial charge is 0.305 e. The second kappa shape index (κ2) is 4.64. The van der Waals surface area contributed by atoms with Gasteiger partial charge in [0.2, 0.25) is 5.95 Å². The molecule has 1 aromatic carbocycles. The van der Waals surface area contributed by atoms with Crippen LogP contribution in [0.4, 0.5) is 10.3 Å². The lowest BCUT2D eigenvalue weighted by atomic mass is 10.3. The molecule has 2 aromatic rings. The number of carboxylic acid groups (broad SMARTS) is 1. The van der Waals surface area contributed by atoms with Crippen molar-refractivity contribution in [3.05, 3.63) is 24.0 Å². The topological polar surface area (TPSA) is 58.4 Å². The third-order valence-electron chi connectivity index (χ3n) is 2.82. The highest BCUT2D eigenvalue weighted by atomic mass is 19.1. The fraction of sp³-hybridized carbons (Fsp3) is 0.333. The summed E-state index contributed by atoms with van der Waals surface area (Å²) in [7, 11) is 3.54. The van der Waals surface area contributed by atoms with E-state index < -0.39 is 5.97 Å². The predicted octanol–water partition coefficient (Wildman–Crippen LogP) is 1.62. The van der Waals surface area contributed by atoms with Gasteiger partial charge in [-0.15, -0.1) is 0 Å². The number of aromatic nitrogens is 2. The molecule has 0 saturated carbocycles. The van der Waals surface area contributed by atoms with Gasteiger partial charge in [0.05, 0.1) is 17.5 Å². The summed E-state index contributed by atoms with van der Waals surface area (Å²) < 4.78 is 14.9. The van der Waals surface area contributed by atoms with Gasteiger partial charge in [-0.25, -0.2) is 9.37 Å². The molecule has 0 atom stereocenters. The first kappa shape index (κ1) is 12.3. The van der Waals surface area contributed by atoms with Crippen LogP contribution in [-0.4, -0.2) is 34.2 Å². The summed E-state index contributed by atoms with van der Waals surface area (Å²) in [5.74, 6) is -0.547. The highest BCUT2D eigenvalue weighted by Crippen LogP contribution is 2.21. The molecule has 1 heterocycles. The van der Waals surface area contributed by atoms with E-state index >= 15 is 0 Å². The Kier molecular flexibility index (Phi) is 3.18. The second-order valence-corrected chi connectivity index (χ2v) is 4.17. The molecule has 6 heteroatoms. The maximum Gasteiger partial charge on any atom is 0.305 e. The third-order valence-corrected chi connectivity index (χ3v) is 2.82. The van der Waals surface area contributed by atoms with Gasteiger partial charge in [-0.3, -0.25) is 4.79 Å². The minimum Gasteiger partial charge on any atom is -0.481 e. The van der Waals surface area contributed by atoms with E-state index in [0.717, 1.165) is 0 Å². The summed E-state index contributed by atoms with van der Waals surface area (Å²) in [6, 6.07) is 4.38. The molecule has 2 rings (SSSR count). The number of carbonyl (C=O) groups is 1. The van der Waals surface area contributed by atoms with E-state index in [2.05, 4.69) is 4.98 Å². The number of halogens is 1. The molecule has 0 bridgehead atoms. The van der Waals surface area contributed by atoms with Crippen LogP contribution >= 0.6 is 0 Å². The molecular formula is C12H14FN3O2. The van der Waals surface area contributed by atoms with Crippen molar-refractivity contribution in [1.82, 2.24) is 9.55 Å². The minimum atomic E-state index is -0.855. The van der Waals surface area contributed by atoms with Crippen LogP contribution in [0.3, 0.4) is 0 Å². The van der Waals surface area contributed by atoms with Gasteiger partial charge in [0, 0.05) is 20.6 Å². The number of carboxylic acids is 1. The molecule has 0 aliphatic heterocycles. The van der Waals surface area contributed by atoms with Crippen molar-refractivity contribution < 1.29 is 14.3 Å². The highest BCUT2D eigenvalue weighted by molar-refractivity contribution is 5.79. The minimum absolute atomic E-state index is 0.0358. The van der Waals surface area contributed by atoms with Crippen molar-refractivity contribution in [2.24, 2.45) is 7.05 Å². The Balaban J connectivity index is 2.33. The standard InChI is InChI=1S/C12H14FN3O2/c1-15(6-5-11(17)18)12-14-9-4-3-8(13)7-10(9)16(12)2/h3-4,7H,5-6H2,1-2H3,(H,17,18). The lowest BCUT2D eigenvalue weighted by Crippen LogP contribution is -2.23. The lowest BCUT2D eigenvalue weighted by molar-refractivity contribution is -0.136. The molecule has 0 radical (unpaired) electrons. The third kappa shape index (κ3) is 2.27. The molecule has 0 aliphatic carbocycles. The maximum atomic E-state index is 13.1. The van der Waals surface area contributed by atoms with Crippen LogP contribution in [0, 0.1) is 5.82 Å². The fourth-order valence-corrected chi connectivity index (χ4v) is 1.86. The Morgan fingerprint density at radius 1 is 1.56 bits per heavy atom. The summed E-state index contributed by atoms with van der Waals surface area (Å²) in [6.45, 7) is 0.356. The van der Waals surface area contributed by atoms with Crippen molar-refractivity contribution in [1.29, 1.82) is 0 Å². The zero-order valence-corrected chi connectivity index (χ0v) is 10.2. The van der Waals surface area contributed by atoms with Crippen molar-refractivity contribution in [2.45, 2.75) is 6.42 Å². The SMILES string of the molecule is CN(CCC(=O)O)c1nc2ccc(F)cc2n1C. The average molecular weight is 251 g/mol. The molecule has 1 N–H and O–H groups in total. The van der Waals surface area contributed by atoms with E-state index in [-0.39, 0.29) is 12.2 Å². The molecule has 5 nitrogen and oxygen atoms in total. The number of aryl methyl sites for hydroxylation is 1. The number of anilines is 1. The molecule has 1 aromatic heterocycles. The fourth-order valence-electron chi connectivity index (χ4n) is 1.86. The van der Waals surface area contributed by atoms with Gasteiger partial charge >= 0.3 is 5.97 Å². The van der Waals surface area contributed by atoms with Crippen LogP contribution in [0.15, 0.2) is 18.2 Å². The van der Waals surface area contributed by atoms with Gasteiger partial charge in [-0.2, -0.15) is 0 Å². The molecule has 0 unspecified atom stereocenters. The Hall–Kier alpha value is -2.11. The first-order chi connectivity index (χ1) is 8.49. The van der Waals surface area contributed by atoms with Crippen LogP contribution in [0.1, 0.15) is 6.42 Å². The number of benzene rings is 1. The summed E-state index contributed by atoms with van der Waals surface area (Å²) in [5.41, 5.74) is 1.38. The van der Waals surface area contributed by atoms with Gasteiger partial charge in [0.1, 0.15) is 5.82 Å². The molecule has 0 aliphatic rings. The summed E-state index contributed by atoms with van der Waals surface area (Å²) >= 11 is 0. The zero-order chi connectivity index (χ0) is 13.3. The van der Waals surface area contributed by atoms with E-state index in [9.17, 15) is 9.18 Å². The van der Waals surface area contributed by atoms with Crippen LogP contribution < -0.4 is 4.90 Å². The largest absolute Gasteiger partial charge is 0.481 e. The van der Waals surface area contributed by atoms with Crippen molar-refractivity contribution >= 4 is 23.0 Å². The number of nitrogens with zero attached hydrogens (tertiary/aromatic N) is 3. The van der Waals surface area contributed by atoms with E-state index in [1.165, 1.54) is 12.1 Å². The summed E-state index contributed by atoms with van der Waals surface area (Å²) in [5, 5.41) is 8.65. The quantitative estimate of drug-likeness (QED) is 0.897. The van der Waals surface area contributed by atoms with Gasteiger partial charge in [0.15, 0.2) is 0 Å². The monoisotopic (exact) mass is 251 g/mol. The van der Waals surface area contributed by atoms with Crippen LogP contribution in [0.25, 0.3) is 11.0 Å². The average Bonchev–Trinajstić information content (AvgIpc) is 2.64. The highest BCUT2D eigenvalue weighted by Gasteiger charge is 2.13. The van der Waals surface area contributed by atoms with Crippen LogP contribution in [-0.2, 0) is 11.8 Å².